The van der Waals surface area contributed by atoms with Crippen LogP contribution in [0.4, 0.5) is 0 Å². The first-order valence-electron chi connectivity index (χ1n) is 5.44. The second kappa shape index (κ2) is 6.23. The highest BCUT2D eigenvalue weighted by atomic mass is 16.4. The fourth-order valence-corrected chi connectivity index (χ4v) is 1.49. The van der Waals surface area contributed by atoms with Gasteiger partial charge in [0.1, 0.15) is 6.04 Å². The van der Waals surface area contributed by atoms with Crippen LogP contribution in [0.1, 0.15) is 25.8 Å². The van der Waals surface area contributed by atoms with Crippen LogP contribution in [0.15, 0.2) is 24.5 Å². The third kappa shape index (κ3) is 4.40. The molecule has 0 aliphatic carbocycles. The van der Waals surface area contributed by atoms with Crippen LogP contribution in [0.2, 0.25) is 0 Å². The van der Waals surface area contributed by atoms with Gasteiger partial charge in [-0.15, -0.1) is 0 Å². The Hall–Kier alpha value is -1.42. The summed E-state index contributed by atoms with van der Waals surface area (Å²) in [5.74, 6) is -0.430. The molecule has 0 saturated carbocycles. The van der Waals surface area contributed by atoms with Crippen molar-refractivity contribution >= 4 is 5.97 Å². The van der Waals surface area contributed by atoms with Gasteiger partial charge in [-0.3, -0.25) is 9.78 Å². The Morgan fingerprint density at radius 1 is 1.56 bits per heavy atom. The first kappa shape index (κ1) is 12.6. The minimum absolute atomic E-state index is 0.363. The summed E-state index contributed by atoms with van der Waals surface area (Å²) in [6.07, 6.45) is 4.07. The number of nitrogens with one attached hydrogen (secondary N) is 1. The molecule has 2 N–H and O–H groups in total. The number of pyridine rings is 1. The van der Waals surface area contributed by atoms with Crippen molar-refractivity contribution in [3.05, 3.63) is 30.1 Å². The molecule has 0 aromatic carbocycles. The van der Waals surface area contributed by atoms with E-state index in [1.165, 1.54) is 0 Å². The number of aliphatic carboxylic acids is 1. The molecule has 0 saturated heterocycles. The van der Waals surface area contributed by atoms with Crippen molar-refractivity contribution in [3.63, 3.8) is 0 Å². The third-order valence-corrected chi connectivity index (χ3v) is 2.28. The van der Waals surface area contributed by atoms with E-state index in [0.717, 1.165) is 5.56 Å². The summed E-state index contributed by atoms with van der Waals surface area (Å²) >= 11 is 0. The van der Waals surface area contributed by atoms with Crippen LogP contribution in [0, 0.1) is 5.92 Å². The zero-order valence-corrected chi connectivity index (χ0v) is 9.68. The smallest absolute Gasteiger partial charge is 0.320 e. The van der Waals surface area contributed by atoms with Crippen molar-refractivity contribution in [2.75, 3.05) is 0 Å². The first-order chi connectivity index (χ1) is 7.59. The van der Waals surface area contributed by atoms with Crippen molar-refractivity contribution in [1.82, 2.24) is 10.3 Å². The Bertz CT molecular complexity index is 325. The number of carboxylic acids is 1. The van der Waals surface area contributed by atoms with Gasteiger partial charge in [0.15, 0.2) is 0 Å². The summed E-state index contributed by atoms with van der Waals surface area (Å²) < 4.78 is 0. The zero-order valence-electron chi connectivity index (χ0n) is 9.68. The fraction of sp³-hybridized carbons (Fsp3) is 0.500. The van der Waals surface area contributed by atoms with Gasteiger partial charge in [-0.2, -0.15) is 0 Å². The number of carbonyl (C=O) groups is 1. The van der Waals surface area contributed by atoms with Gasteiger partial charge in [-0.1, -0.05) is 19.9 Å². The number of hydrogen-bond donors (Lipinski definition) is 2. The maximum absolute atomic E-state index is 11.0. The SMILES string of the molecule is CC(C)C[C@@H](NCc1cccnc1)C(=O)O. The summed E-state index contributed by atoms with van der Waals surface area (Å²) in [4.78, 5) is 15.0. The maximum atomic E-state index is 11.0. The molecule has 1 aromatic rings. The Balaban J connectivity index is 2.47. The molecule has 0 spiro atoms. The molecular formula is C12H18N2O2. The van der Waals surface area contributed by atoms with Gasteiger partial charge in [0.2, 0.25) is 0 Å². The van der Waals surface area contributed by atoms with Gasteiger partial charge in [-0.05, 0) is 24.0 Å². The lowest BCUT2D eigenvalue weighted by Crippen LogP contribution is -2.37. The van der Waals surface area contributed by atoms with E-state index in [-0.39, 0.29) is 0 Å². The highest BCUT2D eigenvalue weighted by Gasteiger charge is 2.17. The maximum Gasteiger partial charge on any atom is 0.320 e. The lowest BCUT2D eigenvalue weighted by molar-refractivity contribution is -0.140. The molecule has 0 radical (unpaired) electrons. The molecule has 1 rings (SSSR count). The molecular weight excluding hydrogens is 204 g/mol. The Morgan fingerprint density at radius 2 is 2.31 bits per heavy atom. The average molecular weight is 222 g/mol. The van der Waals surface area contributed by atoms with Crippen molar-refractivity contribution in [2.45, 2.75) is 32.9 Å². The van der Waals surface area contributed by atoms with E-state index >= 15 is 0 Å². The normalized spacial score (nSPS) is 12.7. The van der Waals surface area contributed by atoms with Crippen LogP contribution in [0.25, 0.3) is 0 Å². The van der Waals surface area contributed by atoms with Crippen molar-refractivity contribution < 1.29 is 9.90 Å². The molecule has 4 nitrogen and oxygen atoms in total. The van der Waals surface area contributed by atoms with E-state index in [4.69, 9.17) is 5.11 Å². The third-order valence-electron chi connectivity index (χ3n) is 2.28. The summed E-state index contributed by atoms with van der Waals surface area (Å²) in [6.45, 7) is 4.57. The molecule has 0 amide bonds. The summed E-state index contributed by atoms with van der Waals surface area (Å²) in [5, 5.41) is 12.0. The molecule has 0 aliphatic heterocycles. The van der Waals surface area contributed by atoms with Gasteiger partial charge < -0.3 is 10.4 Å². The molecule has 1 aromatic heterocycles. The molecule has 0 aliphatic rings. The molecule has 0 unspecified atom stereocenters. The topological polar surface area (TPSA) is 62.2 Å². The summed E-state index contributed by atoms with van der Waals surface area (Å²) in [6, 6.07) is 3.28. The predicted octanol–water partition coefficient (Wildman–Crippen LogP) is 1.67. The van der Waals surface area contributed by atoms with Crippen LogP contribution in [-0.4, -0.2) is 22.1 Å². The molecule has 0 fully saturated rings. The fourth-order valence-electron chi connectivity index (χ4n) is 1.49. The number of aromatic nitrogens is 1. The van der Waals surface area contributed by atoms with E-state index in [1.54, 1.807) is 12.4 Å². The second-order valence-corrected chi connectivity index (χ2v) is 4.26. The van der Waals surface area contributed by atoms with Crippen molar-refractivity contribution in [3.8, 4) is 0 Å². The minimum Gasteiger partial charge on any atom is -0.480 e. The van der Waals surface area contributed by atoms with Crippen LogP contribution in [0.3, 0.4) is 0 Å². The predicted molar refractivity (Wildman–Crippen MR) is 62.0 cm³/mol. The molecule has 0 bridgehead atoms. The number of carboxylic acid groups (broad SMARTS) is 1. The van der Waals surface area contributed by atoms with E-state index in [0.29, 0.717) is 18.9 Å². The van der Waals surface area contributed by atoms with Crippen LogP contribution in [0.5, 0.6) is 0 Å². The number of rotatable bonds is 6. The molecule has 1 atom stereocenters. The van der Waals surface area contributed by atoms with E-state index < -0.39 is 12.0 Å². The van der Waals surface area contributed by atoms with Crippen molar-refractivity contribution in [1.29, 1.82) is 0 Å². The van der Waals surface area contributed by atoms with Gasteiger partial charge in [0.25, 0.3) is 0 Å². The zero-order chi connectivity index (χ0) is 12.0. The molecule has 88 valence electrons. The number of hydrogen-bond acceptors (Lipinski definition) is 3. The standard InChI is InChI=1S/C12H18N2O2/c1-9(2)6-11(12(15)16)14-8-10-4-3-5-13-7-10/h3-5,7,9,11,14H,6,8H2,1-2H3,(H,15,16)/t11-/m1/s1. The minimum atomic E-state index is -0.794. The van der Waals surface area contributed by atoms with E-state index in [2.05, 4.69) is 10.3 Å². The van der Waals surface area contributed by atoms with Crippen LogP contribution >= 0.6 is 0 Å². The Kier molecular flexibility index (Phi) is 4.92. The van der Waals surface area contributed by atoms with Gasteiger partial charge in [0, 0.05) is 18.9 Å². The van der Waals surface area contributed by atoms with Gasteiger partial charge in [0.05, 0.1) is 0 Å². The van der Waals surface area contributed by atoms with Crippen molar-refractivity contribution in [2.24, 2.45) is 5.92 Å². The Morgan fingerprint density at radius 3 is 2.81 bits per heavy atom. The summed E-state index contributed by atoms with van der Waals surface area (Å²) in [7, 11) is 0. The lowest BCUT2D eigenvalue weighted by atomic mass is 10.0. The molecule has 4 heteroatoms. The number of nitrogens with zero attached hydrogens (tertiary/aromatic N) is 1. The van der Waals surface area contributed by atoms with Gasteiger partial charge >= 0.3 is 5.97 Å². The molecule has 16 heavy (non-hydrogen) atoms. The van der Waals surface area contributed by atoms with Crippen LogP contribution < -0.4 is 5.32 Å². The van der Waals surface area contributed by atoms with Gasteiger partial charge in [-0.25, -0.2) is 0 Å². The highest BCUT2D eigenvalue weighted by molar-refractivity contribution is 5.73. The Labute approximate surface area is 95.7 Å². The van der Waals surface area contributed by atoms with Crippen LogP contribution in [-0.2, 0) is 11.3 Å². The largest absolute Gasteiger partial charge is 0.480 e. The summed E-state index contributed by atoms with van der Waals surface area (Å²) in [5.41, 5.74) is 0.998. The van der Waals surface area contributed by atoms with E-state index in [1.807, 2.05) is 26.0 Å². The monoisotopic (exact) mass is 222 g/mol. The quantitative estimate of drug-likeness (QED) is 0.768. The average Bonchev–Trinajstić information content (AvgIpc) is 2.25. The lowest BCUT2D eigenvalue weighted by Gasteiger charge is -2.16. The van der Waals surface area contributed by atoms with E-state index in [9.17, 15) is 4.79 Å². The molecule has 1 heterocycles. The first-order valence-corrected chi connectivity index (χ1v) is 5.44. The highest BCUT2D eigenvalue weighted by Crippen LogP contribution is 2.06. The second-order valence-electron chi connectivity index (χ2n) is 4.26.